The number of carboxylic acid groups (broad SMARTS) is 1. The van der Waals surface area contributed by atoms with Gasteiger partial charge in [0, 0.05) is 5.75 Å². The van der Waals surface area contributed by atoms with Crippen LogP contribution in [0.15, 0.2) is 23.0 Å². The summed E-state index contributed by atoms with van der Waals surface area (Å²) in [4.78, 5) is 29.9. The fourth-order valence-corrected chi connectivity index (χ4v) is 2.77. The van der Waals surface area contributed by atoms with Crippen LogP contribution in [0.4, 0.5) is 0 Å². The number of nitrogens with zero attached hydrogens (tertiary/aromatic N) is 1. The Labute approximate surface area is 120 Å². The van der Waals surface area contributed by atoms with Crippen molar-refractivity contribution in [2.75, 3.05) is 5.75 Å². The average Bonchev–Trinajstić information content (AvgIpc) is 2.40. The molecule has 0 fully saturated rings. The number of rotatable bonds is 5. The molecule has 0 amide bonds. The maximum Gasteiger partial charge on any atom is 0.307 e. The first-order valence-corrected chi connectivity index (χ1v) is 7.43. The molecule has 1 aromatic carbocycles. The van der Waals surface area contributed by atoms with E-state index in [4.69, 9.17) is 5.11 Å². The van der Waals surface area contributed by atoms with Crippen molar-refractivity contribution in [3.63, 3.8) is 0 Å². The molecule has 0 aliphatic carbocycles. The smallest absolute Gasteiger partial charge is 0.307 e. The Morgan fingerprint density at radius 3 is 2.95 bits per heavy atom. The molecular weight excluding hydrogens is 276 g/mol. The van der Waals surface area contributed by atoms with Gasteiger partial charge in [-0.25, -0.2) is 4.98 Å². The van der Waals surface area contributed by atoms with Crippen LogP contribution in [0.2, 0.25) is 0 Å². The zero-order valence-corrected chi connectivity index (χ0v) is 12.2. The van der Waals surface area contributed by atoms with Gasteiger partial charge >= 0.3 is 5.97 Å². The van der Waals surface area contributed by atoms with Gasteiger partial charge in [-0.15, -0.1) is 0 Å². The van der Waals surface area contributed by atoms with E-state index < -0.39 is 11.9 Å². The fourth-order valence-electron chi connectivity index (χ4n) is 1.82. The Hall–Kier alpha value is -1.82. The molecule has 0 radical (unpaired) electrons. The quantitative estimate of drug-likeness (QED) is 0.882. The van der Waals surface area contributed by atoms with Gasteiger partial charge in [-0.2, -0.15) is 11.8 Å². The summed E-state index contributed by atoms with van der Waals surface area (Å²) in [5, 5.41) is 9.40. The molecule has 1 unspecified atom stereocenters. The van der Waals surface area contributed by atoms with Gasteiger partial charge in [-0.05, 0) is 18.6 Å². The minimum atomic E-state index is -0.812. The number of hydrogen-bond acceptors (Lipinski definition) is 4. The van der Waals surface area contributed by atoms with Crippen molar-refractivity contribution in [1.82, 2.24) is 9.97 Å². The van der Waals surface area contributed by atoms with Crippen LogP contribution in [0.3, 0.4) is 0 Å². The maximum absolute atomic E-state index is 12.0. The van der Waals surface area contributed by atoms with Crippen molar-refractivity contribution in [2.45, 2.75) is 19.6 Å². The van der Waals surface area contributed by atoms with Crippen LogP contribution in [0.1, 0.15) is 18.3 Å². The number of aromatic amines is 1. The molecule has 0 spiro atoms. The number of aryl methyl sites for hydroxylation is 1. The third-order valence-corrected chi connectivity index (χ3v) is 4.23. The average molecular weight is 292 g/mol. The van der Waals surface area contributed by atoms with Gasteiger partial charge in [0.15, 0.2) is 0 Å². The van der Waals surface area contributed by atoms with Gasteiger partial charge in [0.2, 0.25) is 0 Å². The van der Waals surface area contributed by atoms with E-state index in [1.54, 1.807) is 13.0 Å². The summed E-state index contributed by atoms with van der Waals surface area (Å²) >= 11 is 1.45. The Kier molecular flexibility index (Phi) is 4.44. The topological polar surface area (TPSA) is 83.0 Å². The zero-order chi connectivity index (χ0) is 14.7. The fraction of sp³-hybridized carbons (Fsp3) is 0.357. The van der Waals surface area contributed by atoms with Crippen LogP contribution in [0.5, 0.6) is 0 Å². The van der Waals surface area contributed by atoms with E-state index >= 15 is 0 Å². The summed E-state index contributed by atoms with van der Waals surface area (Å²) in [6.07, 6.45) is 0. The molecule has 20 heavy (non-hydrogen) atoms. The Morgan fingerprint density at radius 2 is 2.25 bits per heavy atom. The lowest BCUT2D eigenvalue weighted by Crippen LogP contribution is -2.14. The molecule has 0 aliphatic rings. The Balaban J connectivity index is 2.18. The molecule has 2 N–H and O–H groups in total. The van der Waals surface area contributed by atoms with Gasteiger partial charge in [0.25, 0.3) is 5.56 Å². The summed E-state index contributed by atoms with van der Waals surface area (Å²) in [6.45, 7) is 3.58. The molecule has 1 heterocycles. The van der Waals surface area contributed by atoms with Gasteiger partial charge < -0.3 is 10.1 Å². The molecule has 6 heteroatoms. The van der Waals surface area contributed by atoms with Crippen LogP contribution in [-0.4, -0.2) is 26.8 Å². The molecule has 2 rings (SSSR count). The molecule has 0 saturated carbocycles. The van der Waals surface area contributed by atoms with Crippen LogP contribution in [0, 0.1) is 12.8 Å². The first-order chi connectivity index (χ1) is 9.49. The van der Waals surface area contributed by atoms with E-state index in [0.717, 1.165) is 5.56 Å². The van der Waals surface area contributed by atoms with Crippen molar-refractivity contribution in [3.8, 4) is 0 Å². The van der Waals surface area contributed by atoms with Crippen LogP contribution < -0.4 is 5.56 Å². The number of thioether (sulfide) groups is 1. The van der Waals surface area contributed by atoms with Crippen LogP contribution in [-0.2, 0) is 10.5 Å². The molecule has 1 atom stereocenters. The summed E-state index contributed by atoms with van der Waals surface area (Å²) in [5.74, 6) is 0.351. The van der Waals surface area contributed by atoms with Crippen molar-refractivity contribution in [3.05, 3.63) is 39.9 Å². The summed E-state index contributed by atoms with van der Waals surface area (Å²) in [7, 11) is 0. The SMILES string of the molecule is Cc1cccc2c(=O)[nH]c(CSCC(C)C(=O)O)nc12. The lowest BCUT2D eigenvalue weighted by molar-refractivity contribution is -0.140. The first-order valence-electron chi connectivity index (χ1n) is 6.28. The highest BCUT2D eigenvalue weighted by Crippen LogP contribution is 2.16. The van der Waals surface area contributed by atoms with E-state index in [9.17, 15) is 9.59 Å². The van der Waals surface area contributed by atoms with Gasteiger partial charge in [-0.3, -0.25) is 9.59 Å². The van der Waals surface area contributed by atoms with Crippen molar-refractivity contribution in [2.24, 2.45) is 5.92 Å². The van der Waals surface area contributed by atoms with Gasteiger partial charge in [0.1, 0.15) is 5.82 Å². The highest BCUT2D eigenvalue weighted by atomic mass is 32.2. The third-order valence-electron chi connectivity index (χ3n) is 3.02. The number of aromatic nitrogens is 2. The lowest BCUT2D eigenvalue weighted by atomic mass is 10.1. The second-order valence-electron chi connectivity index (χ2n) is 4.74. The number of carbonyl (C=O) groups is 1. The zero-order valence-electron chi connectivity index (χ0n) is 11.3. The van der Waals surface area contributed by atoms with E-state index in [0.29, 0.717) is 28.2 Å². The minimum absolute atomic E-state index is 0.152. The predicted octanol–water partition coefficient (Wildman–Crippen LogP) is 2.19. The number of fused-ring (bicyclic) bond motifs is 1. The molecule has 2 aromatic rings. The minimum Gasteiger partial charge on any atom is -0.481 e. The Bertz CT molecular complexity index is 696. The lowest BCUT2D eigenvalue weighted by Gasteiger charge is -2.07. The molecule has 0 bridgehead atoms. The van der Waals surface area contributed by atoms with Crippen molar-refractivity contribution >= 4 is 28.6 Å². The summed E-state index contributed by atoms with van der Waals surface area (Å²) in [5.41, 5.74) is 1.51. The van der Waals surface area contributed by atoms with Crippen molar-refractivity contribution in [1.29, 1.82) is 0 Å². The summed E-state index contributed by atoms with van der Waals surface area (Å²) in [6, 6.07) is 5.49. The molecule has 106 valence electrons. The normalized spacial score (nSPS) is 12.5. The number of nitrogens with one attached hydrogen (secondary N) is 1. The number of H-pyrrole nitrogens is 1. The molecule has 1 aromatic heterocycles. The molecule has 0 saturated heterocycles. The van der Waals surface area contributed by atoms with Crippen LogP contribution in [0.25, 0.3) is 10.9 Å². The largest absolute Gasteiger partial charge is 0.481 e. The van der Waals surface area contributed by atoms with E-state index in [-0.39, 0.29) is 5.56 Å². The number of carboxylic acids is 1. The number of aliphatic carboxylic acids is 1. The van der Waals surface area contributed by atoms with Gasteiger partial charge in [0.05, 0.1) is 22.6 Å². The molecule has 5 nitrogen and oxygen atoms in total. The second kappa shape index (κ2) is 6.09. The summed E-state index contributed by atoms with van der Waals surface area (Å²) < 4.78 is 0. The number of para-hydroxylation sites is 1. The van der Waals surface area contributed by atoms with Crippen molar-refractivity contribution < 1.29 is 9.90 Å². The van der Waals surface area contributed by atoms with E-state index in [1.165, 1.54) is 11.8 Å². The Morgan fingerprint density at radius 1 is 1.50 bits per heavy atom. The highest BCUT2D eigenvalue weighted by molar-refractivity contribution is 7.98. The van der Waals surface area contributed by atoms with Crippen LogP contribution >= 0.6 is 11.8 Å². The predicted molar refractivity (Wildman–Crippen MR) is 80.1 cm³/mol. The highest BCUT2D eigenvalue weighted by Gasteiger charge is 2.11. The first kappa shape index (κ1) is 14.6. The third kappa shape index (κ3) is 3.19. The molecular formula is C14H16N2O3S. The van der Waals surface area contributed by atoms with Gasteiger partial charge in [-0.1, -0.05) is 19.1 Å². The van der Waals surface area contributed by atoms with E-state index in [2.05, 4.69) is 9.97 Å². The second-order valence-corrected chi connectivity index (χ2v) is 5.77. The number of hydrogen-bond donors (Lipinski definition) is 2. The maximum atomic E-state index is 12.0. The van der Waals surface area contributed by atoms with E-state index in [1.807, 2.05) is 19.1 Å². The monoisotopic (exact) mass is 292 g/mol. The number of benzene rings is 1. The molecule has 0 aliphatic heterocycles. The standard InChI is InChI=1S/C14H16N2O3S/c1-8-4-3-5-10-12(8)15-11(16-13(10)17)7-20-6-9(2)14(18)19/h3-5,9H,6-7H2,1-2H3,(H,18,19)(H,15,16,17).